The van der Waals surface area contributed by atoms with Gasteiger partial charge in [0.25, 0.3) is 11.8 Å². The lowest BCUT2D eigenvalue weighted by Gasteiger charge is -2.25. The number of amides is 2. The monoisotopic (exact) mass is 379 g/mol. The van der Waals surface area contributed by atoms with Crippen LogP contribution in [0.15, 0.2) is 54.6 Å². The molecule has 2 aromatic carbocycles. The molecule has 3 rings (SSSR count). The van der Waals surface area contributed by atoms with Crippen molar-refractivity contribution in [1.82, 2.24) is 4.90 Å². The summed E-state index contributed by atoms with van der Waals surface area (Å²) in [6.45, 7) is 2.27. The molecule has 0 bridgehead atoms. The van der Waals surface area contributed by atoms with Crippen LogP contribution in [0.4, 0.5) is 0 Å². The predicted molar refractivity (Wildman–Crippen MR) is 106 cm³/mol. The molecule has 1 heterocycles. The standard InChI is InChI=1S/C23H25NO4/c1-2-3-5-12-18(15-21(25)28-16-17-10-6-4-7-11-17)24-22(26)19-13-8-9-14-20(19)23(24)27/h4,6-11,13-14,18H,2-3,5,12,15-16H2,1H3. The van der Waals surface area contributed by atoms with E-state index in [1.165, 1.54) is 4.90 Å². The van der Waals surface area contributed by atoms with Gasteiger partial charge in [-0.25, -0.2) is 0 Å². The minimum atomic E-state index is -0.484. The third-order valence-electron chi connectivity index (χ3n) is 4.98. The summed E-state index contributed by atoms with van der Waals surface area (Å²) in [5.74, 6) is -1.04. The molecule has 0 saturated carbocycles. The zero-order valence-corrected chi connectivity index (χ0v) is 16.1. The second-order valence-electron chi connectivity index (χ2n) is 7.03. The Bertz CT molecular complexity index is 812. The molecule has 28 heavy (non-hydrogen) atoms. The topological polar surface area (TPSA) is 63.7 Å². The highest BCUT2D eigenvalue weighted by Crippen LogP contribution is 2.28. The van der Waals surface area contributed by atoms with Crippen LogP contribution in [0, 0.1) is 0 Å². The van der Waals surface area contributed by atoms with Crippen LogP contribution >= 0.6 is 0 Å². The number of rotatable bonds is 9. The largest absolute Gasteiger partial charge is 0.461 e. The summed E-state index contributed by atoms with van der Waals surface area (Å²) in [6, 6.07) is 15.8. The van der Waals surface area contributed by atoms with Crippen molar-refractivity contribution in [3.8, 4) is 0 Å². The second kappa shape index (κ2) is 9.31. The van der Waals surface area contributed by atoms with E-state index in [0.29, 0.717) is 17.5 Å². The van der Waals surface area contributed by atoms with Crippen LogP contribution in [0.3, 0.4) is 0 Å². The number of nitrogens with zero attached hydrogens (tertiary/aromatic N) is 1. The Morgan fingerprint density at radius 3 is 2.14 bits per heavy atom. The number of fused-ring (bicyclic) bond motifs is 1. The Morgan fingerprint density at radius 2 is 1.54 bits per heavy atom. The minimum Gasteiger partial charge on any atom is -0.461 e. The third kappa shape index (κ3) is 4.47. The van der Waals surface area contributed by atoms with Crippen molar-refractivity contribution < 1.29 is 19.1 Å². The van der Waals surface area contributed by atoms with Crippen LogP contribution in [-0.2, 0) is 16.1 Å². The van der Waals surface area contributed by atoms with Gasteiger partial charge in [-0.2, -0.15) is 0 Å². The Labute approximate surface area is 165 Å². The molecule has 2 amide bonds. The van der Waals surface area contributed by atoms with Gasteiger partial charge in [0, 0.05) is 0 Å². The van der Waals surface area contributed by atoms with Gasteiger partial charge in [0.2, 0.25) is 0 Å². The van der Waals surface area contributed by atoms with E-state index in [9.17, 15) is 14.4 Å². The highest BCUT2D eigenvalue weighted by Gasteiger charge is 2.40. The lowest BCUT2D eigenvalue weighted by molar-refractivity contribution is -0.146. The average molecular weight is 379 g/mol. The number of carbonyl (C=O) groups is 3. The van der Waals surface area contributed by atoms with Crippen molar-refractivity contribution in [3.63, 3.8) is 0 Å². The molecule has 1 aliphatic rings. The normalized spacial score (nSPS) is 14.1. The quantitative estimate of drug-likeness (QED) is 0.369. The summed E-state index contributed by atoms with van der Waals surface area (Å²) in [7, 11) is 0. The second-order valence-corrected chi connectivity index (χ2v) is 7.03. The van der Waals surface area contributed by atoms with Gasteiger partial charge in [0.05, 0.1) is 23.6 Å². The van der Waals surface area contributed by atoms with Gasteiger partial charge in [-0.1, -0.05) is 68.7 Å². The first-order chi connectivity index (χ1) is 13.6. The molecule has 1 unspecified atom stereocenters. The maximum Gasteiger partial charge on any atom is 0.308 e. The summed E-state index contributed by atoms with van der Waals surface area (Å²) < 4.78 is 5.38. The smallest absolute Gasteiger partial charge is 0.308 e. The molecular weight excluding hydrogens is 354 g/mol. The van der Waals surface area contributed by atoms with Gasteiger partial charge < -0.3 is 4.74 Å². The van der Waals surface area contributed by atoms with Crippen molar-refractivity contribution >= 4 is 17.8 Å². The summed E-state index contributed by atoms with van der Waals surface area (Å²) in [4.78, 5) is 39.3. The molecule has 0 spiro atoms. The van der Waals surface area contributed by atoms with E-state index in [-0.39, 0.29) is 24.8 Å². The van der Waals surface area contributed by atoms with Crippen molar-refractivity contribution in [2.45, 2.75) is 51.7 Å². The lowest BCUT2D eigenvalue weighted by Crippen LogP contribution is -2.41. The fourth-order valence-electron chi connectivity index (χ4n) is 3.48. The number of imide groups is 1. The summed E-state index contributed by atoms with van der Waals surface area (Å²) in [6.07, 6.45) is 3.47. The minimum absolute atomic E-state index is 0.0159. The predicted octanol–water partition coefficient (Wildman–Crippen LogP) is 4.37. The van der Waals surface area contributed by atoms with E-state index >= 15 is 0 Å². The van der Waals surface area contributed by atoms with Crippen LogP contribution in [-0.4, -0.2) is 28.7 Å². The first kappa shape index (κ1) is 19.8. The fourth-order valence-corrected chi connectivity index (χ4v) is 3.48. The molecule has 5 heteroatoms. The van der Waals surface area contributed by atoms with Gasteiger partial charge in [0.1, 0.15) is 6.61 Å². The zero-order chi connectivity index (χ0) is 19.9. The van der Waals surface area contributed by atoms with Crippen LogP contribution in [0.25, 0.3) is 0 Å². The zero-order valence-electron chi connectivity index (χ0n) is 16.1. The van der Waals surface area contributed by atoms with Crippen molar-refractivity contribution in [2.24, 2.45) is 0 Å². The first-order valence-electron chi connectivity index (χ1n) is 9.78. The van der Waals surface area contributed by atoms with Gasteiger partial charge in [-0.15, -0.1) is 0 Å². The third-order valence-corrected chi connectivity index (χ3v) is 4.98. The number of hydrogen-bond acceptors (Lipinski definition) is 4. The number of unbranched alkanes of at least 4 members (excludes halogenated alkanes) is 2. The lowest BCUT2D eigenvalue weighted by atomic mass is 10.0. The van der Waals surface area contributed by atoms with Crippen LogP contribution in [0.5, 0.6) is 0 Å². The van der Waals surface area contributed by atoms with E-state index in [1.807, 2.05) is 30.3 Å². The van der Waals surface area contributed by atoms with E-state index in [0.717, 1.165) is 24.8 Å². The highest BCUT2D eigenvalue weighted by molar-refractivity contribution is 6.21. The molecule has 146 valence electrons. The molecule has 0 aliphatic carbocycles. The number of esters is 1. The van der Waals surface area contributed by atoms with Crippen molar-refractivity contribution in [2.75, 3.05) is 0 Å². The molecule has 0 fully saturated rings. The highest BCUT2D eigenvalue weighted by atomic mass is 16.5. The summed E-state index contributed by atoms with van der Waals surface area (Å²) in [5.41, 5.74) is 1.72. The molecule has 5 nitrogen and oxygen atoms in total. The van der Waals surface area contributed by atoms with Gasteiger partial charge in [0.15, 0.2) is 0 Å². The molecule has 0 saturated heterocycles. The number of ether oxygens (including phenoxy) is 1. The number of benzene rings is 2. The Hall–Kier alpha value is -2.95. The fraction of sp³-hybridized carbons (Fsp3) is 0.348. The van der Waals surface area contributed by atoms with E-state index in [1.54, 1.807) is 24.3 Å². The molecule has 0 N–H and O–H groups in total. The van der Waals surface area contributed by atoms with Gasteiger partial charge in [-0.3, -0.25) is 19.3 Å². The SMILES string of the molecule is CCCCCC(CC(=O)OCc1ccccc1)N1C(=O)c2ccccc2C1=O. The van der Waals surface area contributed by atoms with Crippen LogP contribution in [0.2, 0.25) is 0 Å². The van der Waals surface area contributed by atoms with E-state index < -0.39 is 12.0 Å². The Balaban J connectivity index is 1.69. The summed E-state index contributed by atoms with van der Waals surface area (Å²) in [5, 5.41) is 0. The maximum atomic E-state index is 12.8. The van der Waals surface area contributed by atoms with Gasteiger partial charge >= 0.3 is 5.97 Å². The van der Waals surface area contributed by atoms with Crippen molar-refractivity contribution in [3.05, 3.63) is 71.3 Å². The summed E-state index contributed by atoms with van der Waals surface area (Å²) >= 11 is 0. The van der Waals surface area contributed by atoms with E-state index in [4.69, 9.17) is 4.74 Å². The molecule has 2 aromatic rings. The van der Waals surface area contributed by atoms with Gasteiger partial charge in [-0.05, 0) is 24.1 Å². The molecule has 0 radical (unpaired) electrons. The molecule has 1 aliphatic heterocycles. The number of hydrogen-bond donors (Lipinski definition) is 0. The van der Waals surface area contributed by atoms with Crippen LogP contribution in [0.1, 0.15) is 65.3 Å². The van der Waals surface area contributed by atoms with Crippen molar-refractivity contribution in [1.29, 1.82) is 0 Å². The Kier molecular flexibility index (Phi) is 6.58. The maximum absolute atomic E-state index is 12.8. The number of carbonyl (C=O) groups excluding carboxylic acids is 3. The molecule has 1 atom stereocenters. The van der Waals surface area contributed by atoms with E-state index in [2.05, 4.69) is 6.92 Å². The Morgan fingerprint density at radius 1 is 0.929 bits per heavy atom. The first-order valence-corrected chi connectivity index (χ1v) is 9.78. The molecular formula is C23H25NO4. The molecule has 0 aromatic heterocycles. The average Bonchev–Trinajstić information content (AvgIpc) is 2.97. The van der Waals surface area contributed by atoms with Crippen LogP contribution < -0.4 is 0 Å².